The molecule has 4 nitrogen and oxygen atoms in total. The Bertz CT molecular complexity index is 930. The number of hydrogen-bond donors (Lipinski definition) is 0. The molecule has 0 unspecified atom stereocenters. The van der Waals surface area contributed by atoms with Gasteiger partial charge in [-0.3, -0.25) is 4.99 Å². The Kier molecular flexibility index (Phi) is 4.08. The van der Waals surface area contributed by atoms with Crippen LogP contribution in [-0.2, 0) is 19.4 Å². The minimum Gasteiger partial charge on any atom is -0.257 e. The molecule has 2 heterocycles. The van der Waals surface area contributed by atoms with Gasteiger partial charge in [-0.15, -0.1) is 5.10 Å². The summed E-state index contributed by atoms with van der Waals surface area (Å²) in [5.74, 6) is 0. The molecule has 0 fully saturated rings. The van der Waals surface area contributed by atoms with Gasteiger partial charge in [0.2, 0.25) is 0 Å². The summed E-state index contributed by atoms with van der Waals surface area (Å²) in [4.78, 5) is 4.67. The van der Waals surface area contributed by atoms with Gasteiger partial charge in [-0.1, -0.05) is 52.7 Å². The molecule has 1 aliphatic heterocycles. The molecule has 0 bridgehead atoms. The molecule has 0 N–H and O–H groups in total. The second-order valence-electron chi connectivity index (χ2n) is 5.80. The molecular formula is C18H14Cl2N4. The maximum absolute atomic E-state index is 6.21. The molecule has 0 aliphatic carbocycles. The second-order valence-corrected chi connectivity index (χ2v) is 6.65. The van der Waals surface area contributed by atoms with E-state index >= 15 is 0 Å². The Balaban J connectivity index is 1.46. The predicted octanol–water partition coefficient (Wildman–Crippen LogP) is 4.50. The van der Waals surface area contributed by atoms with Crippen LogP contribution in [0.5, 0.6) is 0 Å². The first-order chi connectivity index (χ1) is 11.7. The van der Waals surface area contributed by atoms with Crippen molar-refractivity contribution in [3.8, 4) is 0 Å². The third-order valence-corrected chi connectivity index (χ3v) is 4.57. The van der Waals surface area contributed by atoms with Crippen molar-refractivity contribution >= 4 is 34.6 Å². The molecule has 0 atom stereocenters. The zero-order chi connectivity index (χ0) is 16.5. The molecule has 4 rings (SSSR count). The van der Waals surface area contributed by atoms with Crippen molar-refractivity contribution in [3.63, 3.8) is 0 Å². The van der Waals surface area contributed by atoms with Crippen molar-refractivity contribution in [2.24, 2.45) is 4.99 Å². The van der Waals surface area contributed by atoms with Gasteiger partial charge < -0.3 is 0 Å². The summed E-state index contributed by atoms with van der Waals surface area (Å²) in [6.07, 6.45) is 3.53. The van der Waals surface area contributed by atoms with Crippen LogP contribution >= 0.6 is 23.2 Å². The molecule has 120 valence electrons. The number of aromatic nitrogens is 3. The summed E-state index contributed by atoms with van der Waals surface area (Å²) in [5.41, 5.74) is 5.32. The van der Waals surface area contributed by atoms with Crippen LogP contribution in [0, 0.1) is 0 Å². The molecule has 0 radical (unpaired) electrons. The Morgan fingerprint density at radius 2 is 1.96 bits per heavy atom. The second kappa shape index (κ2) is 6.38. The maximum atomic E-state index is 6.21. The fourth-order valence-corrected chi connectivity index (χ4v) is 3.30. The first kappa shape index (κ1) is 15.4. The molecule has 0 spiro atoms. The first-order valence-corrected chi connectivity index (χ1v) is 8.40. The van der Waals surface area contributed by atoms with E-state index in [0.29, 0.717) is 23.0 Å². The number of fused-ring (bicyclic) bond motifs is 1. The number of aliphatic imine (C=N–C) groups is 1. The summed E-state index contributed by atoms with van der Waals surface area (Å²) < 4.78 is 1.78. The van der Waals surface area contributed by atoms with E-state index in [4.69, 9.17) is 23.2 Å². The Hall–Kier alpha value is -2.17. The summed E-state index contributed by atoms with van der Waals surface area (Å²) in [5, 5.41) is 9.70. The zero-order valence-corrected chi connectivity index (χ0v) is 14.3. The van der Waals surface area contributed by atoms with Gasteiger partial charge in [0.05, 0.1) is 17.9 Å². The van der Waals surface area contributed by atoms with E-state index in [-0.39, 0.29) is 0 Å². The molecule has 2 aromatic carbocycles. The van der Waals surface area contributed by atoms with Gasteiger partial charge in [0.1, 0.15) is 0 Å². The van der Waals surface area contributed by atoms with Crippen molar-refractivity contribution in [2.75, 3.05) is 0 Å². The van der Waals surface area contributed by atoms with E-state index in [0.717, 1.165) is 29.1 Å². The SMILES string of the molecule is Clc1ccc(Cn2cc(CC3=Nc4ccccc4C3)nn2)c(Cl)c1. The lowest BCUT2D eigenvalue weighted by molar-refractivity contribution is 0.649. The van der Waals surface area contributed by atoms with Gasteiger partial charge in [-0.05, 0) is 29.3 Å². The van der Waals surface area contributed by atoms with E-state index in [1.165, 1.54) is 5.56 Å². The third-order valence-electron chi connectivity index (χ3n) is 3.98. The average molecular weight is 357 g/mol. The van der Waals surface area contributed by atoms with Crippen LogP contribution < -0.4 is 0 Å². The van der Waals surface area contributed by atoms with Crippen LogP contribution in [0.3, 0.4) is 0 Å². The van der Waals surface area contributed by atoms with Crippen molar-refractivity contribution in [1.82, 2.24) is 15.0 Å². The smallest absolute Gasteiger partial charge is 0.0883 e. The molecule has 1 aromatic heterocycles. The number of halogens is 2. The van der Waals surface area contributed by atoms with Gasteiger partial charge in [0.25, 0.3) is 0 Å². The van der Waals surface area contributed by atoms with Gasteiger partial charge in [-0.2, -0.15) is 0 Å². The molecule has 3 aromatic rings. The van der Waals surface area contributed by atoms with Crippen LogP contribution in [0.2, 0.25) is 10.0 Å². The highest BCUT2D eigenvalue weighted by Gasteiger charge is 2.15. The highest BCUT2D eigenvalue weighted by molar-refractivity contribution is 6.35. The van der Waals surface area contributed by atoms with Crippen LogP contribution in [0.25, 0.3) is 0 Å². The van der Waals surface area contributed by atoms with E-state index in [9.17, 15) is 0 Å². The molecule has 0 amide bonds. The van der Waals surface area contributed by atoms with Crippen molar-refractivity contribution in [3.05, 3.63) is 75.5 Å². The van der Waals surface area contributed by atoms with E-state index in [1.807, 2.05) is 36.5 Å². The third kappa shape index (κ3) is 3.21. The van der Waals surface area contributed by atoms with Gasteiger partial charge in [0.15, 0.2) is 0 Å². The normalized spacial score (nSPS) is 13.0. The minimum absolute atomic E-state index is 0.565. The lowest BCUT2D eigenvalue weighted by Gasteiger charge is -2.04. The highest BCUT2D eigenvalue weighted by Crippen LogP contribution is 2.27. The monoisotopic (exact) mass is 356 g/mol. The molecular weight excluding hydrogens is 343 g/mol. The molecule has 6 heteroatoms. The van der Waals surface area contributed by atoms with Gasteiger partial charge >= 0.3 is 0 Å². The molecule has 0 saturated heterocycles. The molecule has 0 saturated carbocycles. The maximum Gasteiger partial charge on any atom is 0.0883 e. The van der Waals surface area contributed by atoms with Crippen LogP contribution in [-0.4, -0.2) is 20.7 Å². The number of benzene rings is 2. The van der Waals surface area contributed by atoms with Crippen molar-refractivity contribution < 1.29 is 0 Å². The topological polar surface area (TPSA) is 43.1 Å². The predicted molar refractivity (Wildman–Crippen MR) is 96.5 cm³/mol. The Morgan fingerprint density at radius 1 is 1.08 bits per heavy atom. The summed E-state index contributed by atoms with van der Waals surface area (Å²) in [6.45, 7) is 0.565. The highest BCUT2D eigenvalue weighted by atomic mass is 35.5. The summed E-state index contributed by atoms with van der Waals surface area (Å²) >= 11 is 12.1. The van der Waals surface area contributed by atoms with Crippen molar-refractivity contribution in [2.45, 2.75) is 19.4 Å². The van der Waals surface area contributed by atoms with Crippen molar-refractivity contribution in [1.29, 1.82) is 0 Å². The fourth-order valence-electron chi connectivity index (χ4n) is 2.83. The Labute approximate surface area is 149 Å². The van der Waals surface area contributed by atoms with Crippen LogP contribution in [0.4, 0.5) is 5.69 Å². The Morgan fingerprint density at radius 3 is 2.79 bits per heavy atom. The van der Waals surface area contributed by atoms with Crippen LogP contribution in [0.1, 0.15) is 16.8 Å². The zero-order valence-electron chi connectivity index (χ0n) is 12.8. The standard InChI is InChI=1S/C18H14Cl2N4/c19-14-6-5-13(17(20)8-14)10-24-11-16(22-23-24)9-15-7-12-3-1-2-4-18(12)21-15/h1-6,8,11H,7,9-10H2. The van der Waals surface area contributed by atoms with E-state index < -0.39 is 0 Å². The van der Waals surface area contributed by atoms with Crippen LogP contribution in [0.15, 0.2) is 53.7 Å². The van der Waals surface area contributed by atoms with E-state index in [2.05, 4.69) is 21.4 Å². The largest absolute Gasteiger partial charge is 0.257 e. The van der Waals surface area contributed by atoms with Gasteiger partial charge in [0, 0.05) is 34.8 Å². The van der Waals surface area contributed by atoms with Gasteiger partial charge in [-0.25, -0.2) is 4.68 Å². The van der Waals surface area contributed by atoms with E-state index in [1.54, 1.807) is 10.7 Å². The number of hydrogen-bond acceptors (Lipinski definition) is 3. The quantitative estimate of drug-likeness (QED) is 0.690. The lowest BCUT2D eigenvalue weighted by Crippen LogP contribution is -2.03. The molecule has 1 aliphatic rings. The number of para-hydroxylation sites is 1. The number of rotatable bonds is 4. The average Bonchev–Trinajstić information content (AvgIpc) is 3.16. The summed E-state index contributed by atoms with van der Waals surface area (Å²) in [6, 6.07) is 13.7. The first-order valence-electron chi connectivity index (χ1n) is 7.65. The fraction of sp³-hybridized carbons (Fsp3) is 0.167. The molecule has 24 heavy (non-hydrogen) atoms. The lowest BCUT2D eigenvalue weighted by atomic mass is 10.1. The number of nitrogens with zero attached hydrogens (tertiary/aromatic N) is 4. The minimum atomic E-state index is 0.565. The summed E-state index contributed by atoms with van der Waals surface area (Å²) in [7, 11) is 0.